The highest BCUT2D eigenvalue weighted by molar-refractivity contribution is 5.71. The van der Waals surface area contributed by atoms with Crippen LogP contribution in [0, 0.1) is 22.0 Å². The van der Waals surface area contributed by atoms with E-state index in [-0.39, 0.29) is 42.7 Å². The van der Waals surface area contributed by atoms with Gasteiger partial charge in [0.15, 0.2) is 5.76 Å². The van der Waals surface area contributed by atoms with Gasteiger partial charge >= 0.3 is 5.97 Å². The summed E-state index contributed by atoms with van der Waals surface area (Å²) >= 11 is 0. The quantitative estimate of drug-likeness (QED) is 0.311. The van der Waals surface area contributed by atoms with Crippen molar-refractivity contribution >= 4 is 5.97 Å². The van der Waals surface area contributed by atoms with Gasteiger partial charge in [0.05, 0.1) is 23.5 Å². The minimum Gasteiger partial charge on any atom is -0.465 e. The Morgan fingerprint density at radius 2 is 2.18 bits per heavy atom. The lowest BCUT2D eigenvalue weighted by atomic mass is 9.98. The molecule has 1 unspecified atom stereocenters. The molecule has 0 aliphatic carbocycles. The van der Waals surface area contributed by atoms with Crippen molar-refractivity contribution in [2.75, 3.05) is 13.4 Å². The van der Waals surface area contributed by atoms with Crippen LogP contribution in [0.3, 0.4) is 0 Å². The third-order valence-corrected chi connectivity index (χ3v) is 3.05. The van der Waals surface area contributed by atoms with Crippen LogP contribution in [-0.4, -0.2) is 24.3 Å². The fourth-order valence-electron chi connectivity index (χ4n) is 1.85. The number of carbonyl (C=O) groups excluding carboxylic acids is 1. The molecule has 0 saturated carbocycles. The van der Waals surface area contributed by atoms with Gasteiger partial charge in [-0.25, -0.2) is 0 Å². The zero-order valence-electron chi connectivity index (χ0n) is 13.2. The van der Waals surface area contributed by atoms with Crippen LogP contribution < -0.4 is 0 Å². The second-order valence-electron chi connectivity index (χ2n) is 5.17. The van der Waals surface area contributed by atoms with E-state index >= 15 is 0 Å². The first-order valence-corrected chi connectivity index (χ1v) is 7.00. The van der Waals surface area contributed by atoms with Crippen LogP contribution in [0.1, 0.15) is 27.7 Å². The normalized spacial score (nSPS) is 16.7. The van der Waals surface area contributed by atoms with Gasteiger partial charge in [0.2, 0.25) is 6.79 Å². The molecule has 0 amide bonds. The van der Waals surface area contributed by atoms with Crippen LogP contribution in [0.5, 0.6) is 0 Å². The molecule has 0 bridgehead atoms. The van der Waals surface area contributed by atoms with E-state index in [1.807, 2.05) is 0 Å². The van der Waals surface area contributed by atoms with E-state index in [0.29, 0.717) is 5.57 Å². The van der Waals surface area contributed by atoms with Gasteiger partial charge in [-0.15, -0.1) is 0 Å². The van der Waals surface area contributed by atoms with Crippen molar-refractivity contribution in [2.24, 2.45) is 11.8 Å². The Bertz CT molecular complexity index is 518. The number of rotatable bonds is 7. The zero-order chi connectivity index (χ0) is 16.7. The summed E-state index contributed by atoms with van der Waals surface area (Å²) in [5, 5.41) is 11.3. The first-order chi connectivity index (χ1) is 10.4. The summed E-state index contributed by atoms with van der Waals surface area (Å²) in [6, 6.07) is 0. The summed E-state index contributed by atoms with van der Waals surface area (Å²) in [6.45, 7) is 7.06. The molecule has 0 N–H and O–H groups in total. The Hall–Kier alpha value is -2.31. The summed E-state index contributed by atoms with van der Waals surface area (Å²) in [5.74, 6) is -0.588. The molecule has 1 aliphatic heterocycles. The highest BCUT2D eigenvalue weighted by Crippen LogP contribution is 2.24. The minimum absolute atomic E-state index is 0.0452. The molecular formula is C15H21NO6. The molecule has 0 fully saturated rings. The molecule has 0 aromatic carbocycles. The second kappa shape index (κ2) is 8.21. The van der Waals surface area contributed by atoms with Gasteiger partial charge in [-0.2, -0.15) is 0 Å². The molecule has 0 saturated heterocycles. The SMILES string of the molecule is C/C=C(\C(=C/C1=COCO1)[N+](=O)[O-])C(C)COC(=O)C(C)C. The molecule has 1 aliphatic rings. The van der Waals surface area contributed by atoms with Gasteiger partial charge in [-0.05, 0) is 6.92 Å². The van der Waals surface area contributed by atoms with Crippen molar-refractivity contribution in [3.8, 4) is 0 Å². The molecule has 1 rings (SSSR count). The van der Waals surface area contributed by atoms with E-state index in [1.54, 1.807) is 33.8 Å². The smallest absolute Gasteiger partial charge is 0.308 e. The molecule has 1 atom stereocenters. The summed E-state index contributed by atoms with van der Waals surface area (Å²) < 4.78 is 15.1. The van der Waals surface area contributed by atoms with E-state index in [0.717, 1.165) is 0 Å². The fraction of sp³-hybridized carbons (Fsp3) is 0.533. The van der Waals surface area contributed by atoms with Gasteiger partial charge in [0.25, 0.3) is 5.70 Å². The Balaban J connectivity index is 2.86. The van der Waals surface area contributed by atoms with Crippen LogP contribution in [0.15, 0.2) is 35.4 Å². The van der Waals surface area contributed by atoms with Crippen molar-refractivity contribution in [3.63, 3.8) is 0 Å². The van der Waals surface area contributed by atoms with E-state index in [1.165, 1.54) is 12.3 Å². The number of ether oxygens (including phenoxy) is 3. The standard InChI is InChI=1S/C15H21NO6/c1-5-13(11(4)7-21-15(17)10(2)3)14(16(18)19)6-12-8-20-9-22-12/h5-6,8,10-11H,7,9H2,1-4H3/b13-5-,14-6+. The summed E-state index contributed by atoms with van der Waals surface area (Å²) in [5.41, 5.74) is 0.366. The van der Waals surface area contributed by atoms with E-state index in [9.17, 15) is 14.9 Å². The molecule has 22 heavy (non-hydrogen) atoms. The molecular weight excluding hydrogens is 290 g/mol. The van der Waals surface area contributed by atoms with Gasteiger partial charge in [0, 0.05) is 11.5 Å². The summed E-state index contributed by atoms with van der Waals surface area (Å²) in [7, 11) is 0. The molecule has 0 aromatic rings. The highest BCUT2D eigenvalue weighted by Gasteiger charge is 2.25. The minimum atomic E-state index is -0.487. The average Bonchev–Trinajstić information content (AvgIpc) is 2.97. The predicted molar refractivity (Wildman–Crippen MR) is 78.9 cm³/mol. The van der Waals surface area contributed by atoms with Gasteiger partial charge in [0.1, 0.15) is 6.26 Å². The van der Waals surface area contributed by atoms with Gasteiger partial charge in [-0.1, -0.05) is 26.8 Å². The number of hydrogen-bond donors (Lipinski definition) is 0. The lowest BCUT2D eigenvalue weighted by Crippen LogP contribution is -2.19. The first-order valence-electron chi connectivity index (χ1n) is 7.00. The fourth-order valence-corrected chi connectivity index (χ4v) is 1.85. The monoisotopic (exact) mass is 311 g/mol. The zero-order valence-corrected chi connectivity index (χ0v) is 13.2. The maximum absolute atomic E-state index is 11.5. The molecule has 0 radical (unpaired) electrons. The van der Waals surface area contributed by atoms with Crippen LogP contribution in [0.4, 0.5) is 0 Å². The summed E-state index contributed by atoms with van der Waals surface area (Å²) in [6.07, 6.45) is 4.27. The Morgan fingerprint density at radius 1 is 1.50 bits per heavy atom. The lowest BCUT2D eigenvalue weighted by Gasteiger charge is -2.15. The van der Waals surface area contributed by atoms with Crippen molar-refractivity contribution in [2.45, 2.75) is 27.7 Å². The molecule has 7 nitrogen and oxygen atoms in total. The summed E-state index contributed by atoms with van der Waals surface area (Å²) in [4.78, 5) is 22.3. The number of nitrogens with zero attached hydrogens (tertiary/aromatic N) is 1. The topological polar surface area (TPSA) is 87.9 Å². The van der Waals surface area contributed by atoms with Crippen LogP contribution in [-0.2, 0) is 19.0 Å². The Labute approximate surface area is 129 Å². The number of hydrogen-bond acceptors (Lipinski definition) is 6. The van der Waals surface area contributed by atoms with Gasteiger partial charge < -0.3 is 14.2 Å². The van der Waals surface area contributed by atoms with Crippen molar-refractivity contribution < 1.29 is 23.9 Å². The number of allylic oxidation sites excluding steroid dienone is 3. The maximum atomic E-state index is 11.5. The molecule has 7 heteroatoms. The lowest BCUT2D eigenvalue weighted by molar-refractivity contribution is -0.421. The average molecular weight is 311 g/mol. The predicted octanol–water partition coefficient (Wildman–Crippen LogP) is 2.77. The number of nitro groups is 1. The van der Waals surface area contributed by atoms with Gasteiger partial charge in [-0.3, -0.25) is 14.9 Å². The maximum Gasteiger partial charge on any atom is 0.308 e. The molecule has 0 spiro atoms. The van der Waals surface area contributed by atoms with E-state index in [2.05, 4.69) is 0 Å². The molecule has 1 heterocycles. The Kier molecular flexibility index (Phi) is 6.62. The first kappa shape index (κ1) is 17.7. The molecule has 0 aromatic heterocycles. The van der Waals surface area contributed by atoms with Crippen molar-refractivity contribution in [3.05, 3.63) is 45.6 Å². The number of carbonyl (C=O) groups is 1. The van der Waals surface area contributed by atoms with Crippen LogP contribution in [0.2, 0.25) is 0 Å². The molecule has 122 valence electrons. The third kappa shape index (κ3) is 4.91. The van der Waals surface area contributed by atoms with Crippen LogP contribution >= 0.6 is 0 Å². The van der Waals surface area contributed by atoms with E-state index < -0.39 is 4.92 Å². The Morgan fingerprint density at radius 3 is 2.64 bits per heavy atom. The second-order valence-corrected chi connectivity index (χ2v) is 5.17. The third-order valence-electron chi connectivity index (χ3n) is 3.05. The largest absolute Gasteiger partial charge is 0.465 e. The number of esters is 1. The van der Waals surface area contributed by atoms with Crippen LogP contribution in [0.25, 0.3) is 0 Å². The van der Waals surface area contributed by atoms with E-state index in [4.69, 9.17) is 14.2 Å². The van der Waals surface area contributed by atoms with Crippen molar-refractivity contribution in [1.82, 2.24) is 0 Å². The van der Waals surface area contributed by atoms with Crippen molar-refractivity contribution in [1.29, 1.82) is 0 Å². The highest BCUT2D eigenvalue weighted by atomic mass is 16.7.